The average Bonchev–Trinajstić information content (AvgIpc) is 2.43. The fraction of sp³-hybridized carbons (Fsp3) is 0.571. The van der Waals surface area contributed by atoms with E-state index in [1.807, 2.05) is 0 Å². The summed E-state index contributed by atoms with van der Waals surface area (Å²) >= 11 is 0. The molecular weight excluding hydrogens is 336 g/mol. The molecule has 0 heterocycles. The van der Waals surface area contributed by atoms with E-state index in [-0.39, 0.29) is 12.0 Å². The summed E-state index contributed by atoms with van der Waals surface area (Å²) in [7, 11) is 1.85. The Morgan fingerprint density at radius 1 is 0.947 bits per heavy atom. The highest BCUT2D eigenvalue weighted by atomic mass is 28.2. The van der Waals surface area contributed by atoms with Gasteiger partial charge in [0.1, 0.15) is 6.42 Å². The smallest absolute Gasteiger partial charge is 0.337 e. The van der Waals surface area contributed by atoms with Gasteiger partial charge >= 0.3 is 11.9 Å². The number of esters is 1. The monoisotopic (exact) mass is 358 g/mol. The number of hydrogen-bond donors (Lipinski definition) is 0. The Bertz CT molecular complexity index is 309. The third kappa shape index (κ3) is 5.18. The van der Waals surface area contributed by atoms with E-state index in [1.165, 1.54) is 0 Å². The number of rotatable bonds is 9. The molecule has 0 aliphatic heterocycles. The maximum atomic E-state index is 11.7. The largest absolute Gasteiger partial charge is 0.406 e. The molecule has 0 radical (unpaired) electrons. The van der Waals surface area contributed by atoms with Gasteiger partial charge in [-0.25, -0.2) is 4.79 Å². The van der Waals surface area contributed by atoms with Crippen molar-refractivity contribution < 1.29 is 31.7 Å². The van der Waals surface area contributed by atoms with Crippen molar-refractivity contribution in [1.82, 2.24) is 0 Å². The molecule has 0 atom stereocenters. The van der Waals surface area contributed by atoms with Gasteiger partial charge in [0.25, 0.3) is 5.97 Å². The number of carbonyl (C=O) groups excluding carboxylic acids is 1. The SMILES string of the molecule is C=C(C)C(=O)OC(CC(O[SiH3])(O[SiH3])O[SiH3])(O[SiH3])O[SiH3]. The fourth-order valence-corrected chi connectivity index (χ4v) is 4.86. The van der Waals surface area contributed by atoms with Crippen molar-refractivity contribution >= 4 is 58.4 Å². The summed E-state index contributed by atoms with van der Waals surface area (Å²) in [5.74, 6) is -3.35. The first kappa shape index (κ1) is 19.1. The molecule has 0 N–H and O–H groups in total. The summed E-state index contributed by atoms with van der Waals surface area (Å²) < 4.78 is 32.0. The molecule has 0 amide bonds. The van der Waals surface area contributed by atoms with Gasteiger partial charge in [0.05, 0.1) is 0 Å². The van der Waals surface area contributed by atoms with E-state index in [0.29, 0.717) is 52.4 Å². The van der Waals surface area contributed by atoms with Gasteiger partial charge in [-0.2, -0.15) is 0 Å². The molecule has 0 aromatic carbocycles. The molecule has 0 aliphatic rings. The minimum atomic E-state index is -1.52. The van der Waals surface area contributed by atoms with E-state index in [1.54, 1.807) is 6.92 Å². The third-order valence-corrected chi connectivity index (χ3v) is 5.69. The van der Waals surface area contributed by atoms with Crippen LogP contribution in [0.3, 0.4) is 0 Å². The van der Waals surface area contributed by atoms with Crippen molar-refractivity contribution in [2.45, 2.75) is 25.3 Å². The Morgan fingerprint density at radius 3 is 1.58 bits per heavy atom. The zero-order valence-electron chi connectivity index (χ0n) is 12.3. The molecule has 12 heteroatoms. The average molecular weight is 359 g/mol. The summed E-state index contributed by atoms with van der Waals surface area (Å²) in [6, 6.07) is 0. The second kappa shape index (κ2) is 8.40. The molecule has 0 rings (SSSR count). The first-order valence-electron chi connectivity index (χ1n) is 5.48. The van der Waals surface area contributed by atoms with Crippen LogP contribution in [0.1, 0.15) is 13.3 Å². The normalized spacial score (nSPS) is 18.2. The Hall–Kier alpha value is 0.0944. The van der Waals surface area contributed by atoms with E-state index in [0.717, 1.165) is 0 Å². The van der Waals surface area contributed by atoms with E-state index in [2.05, 4.69) is 6.58 Å². The molecule has 0 aromatic heterocycles. The van der Waals surface area contributed by atoms with Crippen LogP contribution in [-0.2, 0) is 31.7 Å². The lowest BCUT2D eigenvalue weighted by Crippen LogP contribution is -2.51. The zero-order valence-corrected chi connectivity index (χ0v) is 22.3. The van der Waals surface area contributed by atoms with Gasteiger partial charge in [0.15, 0.2) is 52.4 Å². The highest BCUT2D eigenvalue weighted by Gasteiger charge is 2.45. The highest BCUT2D eigenvalue weighted by molar-refractivity contribution is 6.02. The first-order chi connectivity index (χ1) is 8.84. The molecule has 0 fully saturated rings. The Morgan fingerprint density at radius 2 is 1.32 bits per heavy atom. The lowest BCUT2D eigenvalue weighted by molar-refractivity contribution is -0.353. The van der Waals surface area contributed by atoms with Crippen molar-refractivity contribution in [3.63, 3.8) is 0 Å². The van der Waals surface area contributed by atoms with Gasteiger partial charge in [-0.15, -0.1) is 0 Å². The van der Waals surface area contributed by atoms with Crippen LogP contribution in [0.5, 0.6) is 0 Å². The summed E-state index contributed by atoms with van der Waals surface area (Å²) in [5.41, 5.74) is 0.262. The van der Waals surface area contributed by atoms with E-state index < -0.39 is 17.9 Å². The van der Waals surface area contributed by atoms with Crippen LogP contribution < -0.4 is 0 Å². The molecule has 112 valence electrons. The van der Waals surface area contributed by atoms with E-state index >= 15 is 0 Å². The van der Waals surface area contributed by atoms with E-state index in [9.17, 15) is 4.79 Å². The molecule has 0 saturated carbocycles. The van der Waals surface area contributed by atoms with Crippen molar-refractivity contribution in [2.75, 3.05) is 0 Å². The summed E-state index contributed by atoms with van der Waals surface area (Å²) in [6.07, 6.45) is 0.0164. The maximum Gasteiger partial charge on any atom is 0.337 e. The lowest BCUT2D eigenvalue weighted by Gasteiger charge is -2.39. The standard InChI is InChI=1S/C7H22O7Si5/c1-4(2)5(8)9-6(10-15,11-16)3-7(12-17,13-18)14-19/h1,3H2,2,15-19H3. The van der Waals surface area contributed by atoms with Crippen LogP contribution in [0, 0.1) is 0 Å². The second-order valence-electron chi connectivity index (χ2n) is 3.73. The van der Waals surface area contributed by atoms with Gasteiger partial charge in [0.2, 0.25) is 0 Å². The fourth-order valence-electron chi connectivity index (χ4n) is 1.31. The Balaban J connectivity index is 5.18. The van der Waals surface area contributed by atoms with Crippen LogP contribution >= 0.6 is 0 Å². The van der Waals surface area contributed by atoms with Crippen LogP contribution in [0.15, 0.2) is 12.2 Å². The third-order valence-electron chi connectivity index (χ3n) is 2.58. The topological polar surface area (TPSA) is 72.5 Å². The Labute approximate surface area is 128 Å². The molecule has 0 aliphatic carbocycles. The maximum absolute atomic E-state index is 11.7. The Kier molecular flexibility index (Phi) is 8.44. The number of carbonyl (C=O) groups is 1. The molecule has 0 bridgehead atoms. The van der Waals surface area contributed by atoms with Crippen molar-refractivity contribution in [3.8, 4) is 0 Å². The van der Waals surface area contributed by atoms with Crippen molar-refractivity contribution in [1.29, 1.82) is 0 Å². The highest BCUT2D eigenvalue weighted by Crippen LogP contribution is 2.29. The van der Waals surface area contributed by atoms with Crippen LogP contribution in [0.4, 0.5) is 0 Å². The molecule has 0 unspecified atom stereocenters. The van der Waals surface area contributed by atoms with E-state index in [4.69, 9.17) is 26.9 Å². The van der Waals surface area contributed by atoms with Crippen LogP contribution in [-0.4, -0.2) is 70.3 Å². The van der Waals surface area contributed by atoms with Gasteiger partial charge in [-0.3, -0.25) is 0 Å². The predicted molar refractivity (Wildman–Crippen MR) is 86.1 cm³/mol. The zero-order chi connectivity index (χ0) is 15.1. The van der Waals surface area contributed by atoms with Gasteiger partial charge < -0.3 is 26.9 Å². The van der Waals surface area contributed by atoms with Gasteiger partial charge in [-0.05, 0) is 6.92 Å². The quantitative estimate of drug-likeness (QED) is 0.176. The first-order valence-corrected chi connectivity index (χ1v) is 9.57. The minimum Gasteiger partial charge on any atom is -0.406 e. The lowest BCUT2D eigenvalue weighted by atomic mass is 10.3. The molecule has 0 aromatic rings. The summed E-state index contributed by atoms with van der Waals surface area (Å²) in [4.78, 5) is 11.7. The van der Waals surface area contributed by atoms with Crippen molar-refractivity contribution in [3.05, 3.63) is 12.2 Å². The van der Waals surface area contributed by atoms with Gasteiger partial charge in [-0.1, -0.05) is 6.58 Å². The number of ether oxygens (including phenoxy) is 1. The molecule has 0 spiro atoms. The van der Waals surface area contributed by atoms with Gasteiger partial charge in [0, 0.05) is 5.57 Å². The summed E-state index contributed by atoms with van der Waals surface area (Å²) in [6.45, 7) is 5.08. The molecule has 19 heavy (non-hydrogen) atoms. The summed E-state index contributed by atoms with van der Waals surface area (Å²) in [5, 5.41) is 0. The minimum absolute atomic E-state index is 0.0164. The molecule has 0 saturated heterocycles. The van der Waals surface area contributed by atoms with Crippen LogP contribution in [0.2, 0.25) is 0 Å². The predicted octanol–water partition coefficient (Wildman–Crippen LogP) is -5.71. The van der Waals surface area contributed by atoms with Crippen LogP contribution in [0.25, 0.3) is 0 Å². The molecular formula is C7H22O7Si5. The molecule has 7 nitrogen and oxygen atoms in total. The number of hydrogen-bond acceptors (Lipinski definition) is 7. The van der Waals surface area contributed by atoms with Crippen molar-refractivity contribution in [2.24, 2.45) is 0 Å². The second-order valence-corrected chi connectivity index (χ2v) is 5.77.